The minimum absolute atomic E-state index is 0. The van der Waals surface area contributed by atoms with Crippen LogP contribution in [0.5, 0.6) is 0 Å². The SMILES string of the molecule is O=C([N-]C(c1ccccc1)N1CCOCC1)c1ccccc1.O=C([N-]C(c1ccccc1)N1CCOCC1)c1ccccc1.[Co+2]. The molecule has 235 valence electrons. The number of hydrogen-bond acceptors (Lipinski definition) is 6. The van der Waals surface area contributed by atoms with Gasteiger partial charge in [-0.05, 0) is 34.6 Å². The topological polar surface area (TPSA) is 87.3 Å². The first-order valence-electron chi connectivity index (χ1n) is 15.0. The zero-order valence-electron chi connectivity index (χ0n) is 25.1. The van der Waals surface area contributed by atoms with Crippen LogP contribution in [0.4, 0.5) is 0 Å². The normalized spacial score (nSPS) is 16.5. The molecular weight excluding hydrogens is 611 g/mol. The molecule has 0 aliphatic carbocycles. The Hall–Kier alpha value is -3.83. The molecule has 9 heteroatoms. The second-order valence-electron chi connectivity index (χ2n) is 10.5. The van der Waals surface area contributed by atoms with E-state index in [0.717, 1.165) is 37.3 Å². The van der Waals surface area contributed by atoms with Crippen molar-refractivity contribution in [3.8, 4) is 0 Å². The summed E-state index contributed by atoms with van der Waals surface area (Å²) < 4.78 is 10.8. The molecule has 2 unspecified atom stereocenters. The summed E-state index contributed by atoms with van der Waals surface area (Å²) in [5.41, 5.74) is 3.32. The van der Waals surface area contributed by atoms with Gasteiger partial charge in [-0.15, -0.1) is 0 Å². The zero-order valence-corrected chi connectivity index (χ0v) is 26.2. The van der Waals surface area contributed by atoms with Gasteiger partial charge in [-0.1, -0.05) is 121 Å². The average Bonchev–Trinajstić information content (AvgIpc) is 3.12. The molecule has 2 atom stereocenters. The van der Waals surface area contributed by atoms with Gasteiger partial charge in [-0.25, -0.2) is 0 Å². The molecule has 2 aliphatic heterocycles. The molecule has 8 nitrogen and oxygen atoms in total. The van der Waals surface area contributed by atoms with Gasteiger partial charge < -0.3 is 39.5 Å². The van der Waals surface area contributed by atoms with Crippen LogP contribution in [0.1, 0.15) is 44.2 Å². The summed E-state index contributed by atoms with van der Waals surface area (Å²) in [6.45, 7) is 5.85. The number of ether oxygens (including phenoxy) is 2. The van der Waals surface area contributed by atoms with Crippen molar-refractivity contribution in [1.82, 2.24) is 9.80 Å². The number of amides is 2. The maximum atomic E-state index is 12.4. The first-order chi connectivity index (χ1) is 21.7. The van der Waals surface area contributed by atoms with Gasteiger partial charge in [-0.3, -0.25) is 0 Å². The maximum Gasteiger partial charge on any atom is 2.00 e. The molecule has 2 heterocycles. The predicted octanol–water partition coefficient (Wildman–Crippen LogP) is 6.46. The number of benzene rings is 4. The quantitative estimate of drug-likeness (QED) is 0.218. The van der Waals surface area contributed by atoms with Crippen molar-refractivity contribution in [3.63, 3.8) is 0 Å². The molecule has 6 rings (SSSR count). The Labute approximate surface area is 275 Å². The Morgan fingerprint density at radius 2 is 0.778 bits per heavy atom. The minimum atomic E-state index is -0.252. The Bertz CT molecular complexity index is 1310. The molecule has 0 aromatic heterocycles. The first kappa shape index (κ1) is 34.0. The number of carbonyl (C=O) groups is 2. The summed E-state index contributed by atoms with van der Waals surface area (Å²) in [4.78, 5) is 29.3. The van der Waals surface area contributed by atoms with Crippen molar-refractivity contribution in [2.75, 3.05) is 52.6 Å². The molecule has 2 aliphatic rings. The van der Waals surface area contributed by atoms with Gasteiger partial charge in [0.25, 0.3) is 0 Å². The Morgan fingerprint density at radius 1 is 0.489 bits per heavy atom. The van der Waals surface area contributed by atoms with Gasteiger partial charge in [0.2, 0.25) is 0 Å². The van der Waals surface area contributed by atoms with Crippen LogP contribution in [0.3, 0.4) is 0 Å². The van der Waals surface area contributed by atoms with E-state index < -0.39 is 0 Å². The van der Waals surface area contributed by atoms with Crippen molar-refractivity contribution in [3.05, 3.63) is 154 Å². The third-order valence-electron chi connectivity index (χ3n) is 7.50. The van der Waals surface area contributed by atoms with E-state index in [1.54, 1.807) is 24.3 Å². The number of rotatable bonds is 8. The third kappa shape index (κ3) is 10.1. The monoisotopic (exact) mass is 649 g/mol. The Balaban J connectivity index is 0.000000200. The number of morpholine rings is 2. The van der Waals surface area contributed by atoms with Gasteiger partial charge in [0.1, 0.15) is 0 Å². The van der Waals surface area contributed by atoms with Crippen LogP contribution in [-0.2, 0) is 26.3 Å². The summed E-state index contributed by atoms with van der Waals surface area (Å²) in [6.07, 6.45) is -0.504. The molecule has 0 spiro atoms. The molecular formula is C36H38CoN4O4. The van der Waals surface area contributed by atoms with Crippen molar-refractivity contribution >= 4 is 11.8 Å². The fourth-order valence-corrected chi connectivity index (χ4v) is 5.16. The van der Waals surface area contributed by atoms with E-state index in [0.29, 0.717) is 37.6 Å². The standard InChI is InChI=1S/2C18H20N2O2.Co/c2*21-18(16-9-5-2-6-10-16)19-17(15-7-3-1-4-8-15)20-11-13-22-14-12-20;/h2*1-10,17H,11-14H2,(H,19,21);/q;;+2/p-2. The van der Waals surface area contributed by atoms with E-state index in [1.807, 2.05) is 97.1 Å². The van der Waals surface area contributed by atoms with Crippen molar-refractivity contribution < 1.29 is 35.8 Å². The summed E-state index contributed by atoms with van der Waals surface area (Å²) in [6, 6.07) is 38.3. The van der Waals surface area contributed by atoms with Gasteiger partial charge >= 0.3 is 16.8 Å². The van der Waals surface area contributed by atoms with E-state index in [4.69, 9.17) is 9.47 Å². The smallest absolute Gasteiger partial charge is 0.631 e. The average molecular weight is 650 g/mol. The van der Waals surface area contributed by atoms with Gasteiger partial charge in [0, 0.05) is 26.2 Å². The Kier molecular flexibility index (Phi) is 13.8. The third-order valence-corrected chi connectivity index (χ3v) is 7.50. The molecule has 4 aromatic carbocycles. The van der Waals surface area contributed by atoms with Crippen LogP contribution in [0, 0.1) is 0 Å². The van der Waals surface area contributed by atoms with Gasteiger partial charge in [-0.2, -0.15) is 0 Å². The first-order valence-corrected chi connectivity index (χ1v) is 15.0. The molecule has 0 saturated carbocycles. The van der Waals surface area contributed by atoms with E-state index in [9.17, 15) is 9.59 Å². The molecule has 0 bridgehead atoms. The summed E-state index contributed by atoms with van der Waals surface area (Å²) in [5.74, 6) is -0.359. The van der Waals surface area contributed by atoms with Crippen LogP contribution in [0.2, 0.25) is 0 Å². The van der Waals surface area contributed by atoms with E-state index in [-0.39, 0.29) is 40.9 Å². The van der Waals surface area contributed by atoms with E-state index in [2.05, 4.69) is 20.4 Å². The molecule has 2 saturated heterocycles. The van der Waals surface area contributed by atoms with Crippen LogP contribution in [0.15, 0.2) is 121 Å². The van der Waals surface area contributed by atoms with Gasteiger partial charge in [0.05, 0.1) is 38.2 Å². The number of carbonyl (C=O) groups excluding carboxylic acids is 2. The van der Waals surface area contributed by atoms with E-state index in [1.165, 1.54) is 0 Å². The van der Waals surface area contributed by atoms with Crippen LogP contribution < -0.4 is 0 Å². The van der Waals surface area contributed by atoms with Crippen molar-refractivity contribution in [1.29, 1.82) is 0 Å². The number of hydrogen-bond donors (Lipinski definition) is 0. The summed E-state index contributed by atoms with van der Waals surface area (Å²) in [7, 11) is 0. The number of nitrogens with zero attached hydrogens (tertiary/aromatic N) is 4. The fourth-order valence-electron chi connectivity index (χ4n) is 5.16. The Morgan fingerprint density at radius 3 is 1.09 bits per heavy atom. The van der Waals surface area contributed by atoms with Crippen LogP contribution in [-0.4, -0.2) is 74.2 Å². The maximum absolute atomic E-state index is 12.4. The van der Waals surface area contributed by atoms with Crippen molar-refractivity contribution in [2.45, 2.75) is 12.3 Å². The van der Waals surface area contributed by atoms with Crippen LogP contribution in [0.25, 0.3) is 10.6 Å². The van der Waals surface area contributed by atoms with Crippen LogP contribution >= 0.6 is 0 Å². The molecule has 2 fully saturated rings. The predicted molar refractivity (Wildman–Crippen MR) is 171 cm³/mol. The van der Waals surface area contributed by atoms with Crippen molar-refractivity contribution in [2.24, 2.45) is 0 Å². The minimum Gasteiger partial charge on any atom is -0.631 e. The summed E-state index contributed by atoms with van der Waals surface area (Å²) in [5, 5.41) is 8.94. The second kappa shape index (κ2) is 18.2. The molecule has 0 N–H and O–H groups in total. The summed E-state index contributed by atoms with van der Waals surface area (Å²) >= 11 is 0. The molecule has 2 amide bonds. The molecule has 45 heavy (non-hydrogen) atoms. The second-order valence-corrected chi connectivity index (χ2v) is 10.5. The zero-order chi connectivity index (χ0) is 30.4. The fraction of sp³-hybridized carbons (Fsp3) is 0.278. The van der Waals surface area contributed by atoms with Gasteiger partial charge in [0.15, 0.2) is 0 Å². The largest absolute Gasteiger partial charge is 2.00 e. The molecule has 4 aromatic rings. The molecule has 1 radical (unpaired) electrons. The van der Waals surface area contributed by atoms with E-state index >= 15 is 0 Å².